The van der Waals surface area contributed by atoms with Gasteiger partial charge in [-0.2, -0.15) is 0 Å². The topological polar surface area (TPSA) is 51.2 Å². The number of ether oxygens (including phenoxy) is 1. The minimum absolute atomic E-state index is 0.170. The normalized spacial score (nSPS) is 11.8. The first-order valence-electron chi connectivity index (χ1n) is 6.35. The van der Waals surface area contributed by atoms with Crippen molar-refractivity contribution >= 4 is 5.91 Å². The molecule has 4 nitrogen and oxygen atoms in total. The maximum absolute atomic E-state index is 13.4. The third kappa shape index (κ3) is 4.24. The minimum Gasteiger partial charge on any atom is -0.478 e. The van der Waals surface area contributed by atoms with Gasteiger partial charge in [-0.3, -0.25) is 9.78 Å². The van der Waals surface area contributed by atoms with Crippen molar-refractivity contribution in [2.75, 3.05) is 0 Å². The van der Waals surface area contributed by atoms with Crippen molar-refractivity contribution in [3.05, 3.63) is 59.9 Å². The fourth-order valence-electron chi connectivity index (χ4n) is 1.64. The van der Waals surface area contributed by atoms with Crippen LogP contribution in [-0.4, -0.2) is 17.0 Å². The van der Waals surface area contributed by atoms with Crippen LogP contribution >= 0.6 is 0 Å². The molecule has 110 valence electrons. The summed E-state index contributed by atoms with van der Waals surface area (Å²) in [4.78, 5) is 15.9. The molecule has 1 aromatic carbocycles. The molecular formula is C15H14F2N2O2. The van der Waals surface area contributed by atoms with Gasteiger partial charge in [-0.25, -0.2) is 8.78 Å². The predicted molar refractivity (Wildman–Crippen MR) is 72.5 cm³/mol. The van der Waals surface area contributed by atoms with Gasteiger partial charge >= 0.3 is 0 Å². The van der Waals surface area contributed by atoms with Crippen LogP contribution in [0.25, 0.3) is 0 Å². The average Bonchev–Trinajstić information content (AvgIpc) is 2.48. The minimum atomic E-state index is -0.909. The van der Waals surface area contributed by atoms with Gasteiger partial charge in [-0.1, -0.05) is 6.07 Å². The number of benzene rings is 1. The molecular weight excluding hydrogens is 278 g/mol. The Balaban J connectivity index is 1.90. The Bertz CT molecular complexity index is 620. The summed E-state index contributed by atoms with van der Waals surface area (Å²) in [5, 5.41) is 2.63. The zero-order chi connectivity index (χ0) is 15.2. The number of carbonyl (C=O) groups is 1. The highest BCUT2D eigenvalue weighted by Gasteiger charge is 2.16. The molecule has 1 aromatic heterocycles. The summed E-state index contributed by atoms with van der Waals surface area (Å²) >= 11 is 0. The van der Waals surface area contributed by atoms with E-state index in [-0.39, 0.29) is 12.3 Å². The first-order valence-corrected chi connectivity index (χ1v) is 6.35. The fraction of sp³-hybridized carbons (Fsp3) is 0.200. The van der Waals surface area contributed by atoms with E-state index in [0.717, 1.165) is 12.1 Å². The molecule has 0 aliphatic carbocycles. The summed E-state index contributed by atoms with van der Waals surface area (Å²) < 4.78 is 31.4. The van der Waals surface area contributed by atoms with E-state index in [2.05, 4.69) is 10.3 Å². The van der Waals surface area contributed by atoms with Gasteiger partial charge in [0.2, 0.25) is 0 Å². The van der Waals surface area contributed by atoms with Crippen LogP contribution in [-0.2, 0) is 11.3 Å². The highest BCUT2D eigenvalue weighted by molar-refractivity contribution is 5.80. The highest BCUT2D eigenvalue weighted by atomic mass is 19.1. The Morgan fingerprint density at radius 3 is 2.81 bits per heavy atom. The number of aromatic nitrogens is 1. The van der Waals surface area contributed by atoms with Gasteiger partial charge in [-0.05, 0) is 31.2 Å². The summed E-state index contributed by atoms with van der Waals surface area (Å²) in [6, 6.07) is 8.26. The number of carbonyl (C=O) groups excluding carboxylic acids is 1. The van der Waals surface area contributed by atoms with Crippen LogP contribution in [0.4, 0.5) is 8.78 Å². The zero-order valence-corrected chi connectivity index (χ0v) is 11.3. The largest absolute Gasteiger partial charge is 0.478 e. The van der Waals surface area contributed by atoms with Crippen LogP contribution in [0.1, 0.15) is 12.6 Å². The lowest BCUT2D eigenvalue weighted by Crippen LogP contribution is -2.36. The predicted octanol–water partition coefficient (Wildman–Crippen LogP) is 2.44. The lowest BCUT2D eigenvalue weighted by atomic mass is 10.3. The molecule has 0 aliphatic heterocycles. The molecule has 1 heterocycles. The molecule has 0 bridgehead atoms. The summed E-state index contributed by atoms with van der Waals surface area (Å²) in [7, 11) is 0. The molecule has 0 saturated heterocycles. The number of hydrogen-bond acceptors (Lipinski definition) is 3. The Labute approximate surface area is 120 Å². The number of nitrogens with zero attached hydrogens (tertiary/aromatic N) is 1. The molecule has 2 aromatic rings. The Morgan fingerprint density at radius 2 is 2.14 bits per heavy atom. The molecule has 2 rings (SSSR count). The molecule has 0 spiro atoms. The molecule has 0 radical (unpaired) electrons. The third-order valence-electron chi connectivity index (χ3n) is 2.74. The number of nitrogens with one attached hydrogen (secondary N) is 1. The van der Waals surface area contributed by atoms with Crippen LogP contribution in [0.15, 0.2) is 42.6 Å². The monoisotopic (exact) mass is 292 g/mol. The van der Waals surface area contributed by atoms with Gasteiger partial charge in [0.15, 0.2) is 17.7 Å². The van der Waals surface area contributed by atoms with Crippen molar-refractivity contribution in [1.29, 1.82) is 0 Å². The van der Waals surface area contributed by atoms with Crippen molar-refractivity contribution in [3.63, 3.8) is 0 Å². The summed E-state index contributed by atoms with van der Waals surface area (Å²) in [6.07, 6.45) is 0.712. The molecule has 0 saturated carbocycles. The van der Waals surface area contributed by atoms with E-state index >= 15 is 0 Å². The second kappa shape index (κ2) is 6.78. The SMILES string of the molecule is C[C@@H](Oc1ccc(F)cc1F)C(=O)NCc1ccccn1. The van der Waals surface area contributed by atoms with E-state index in [1.807, 2.05) is 6.07 Å². The zero-order valence-electron chi connectivity index (χ0n) is 11.3. The second-order valence-electron chi connectivity index (χ2n) is 4.37. The van der Waals surface area contributed by atoms with Crippen LogP contribution in [0, 0.1) is 11.6 Å². The number of pyridine rings is 1. The van der Waals surface area contributed by atoms with Crippen molar-refractivity contribution in [3.8, 4) is 5.75 Å². The average molecular weight is 292 g/mol. The van der Waals surface area contributed by atoms with E-state index in [9.17, 15) is 13.6 Å². The van der Waals surface area contributed by atoms with Gasteiger partial charge in [-0.15, -0.1) is 0 Å². The van der Waals surface area contributed by atoms with E-state index in [4.69, 9.17) is 4.74 Å². The van der Waals surface area contributed by atoms with Gasteiger partial charge in [0, 0.05) is 12.3 Å². The van der Waals surface area contributed by atoms with Crippen molar-refractivity contribution in [2.24, 2.45) is 0 Å². The molecule has 1 atom stereocenters. The number of hydrogen-bond donors (Lipinski definition) is 1. The molecule has 1 N–H and O–H groups in total. The maximum atomic E-state index is 13.4. The summed E-state index contributed by atoms with van der Waals surface area (Å²) in [5.41, 5.74) is 0.700. The smallest absolute Gasteiger partial charge is 0.261 e. The van der Waals surface area contributed by atoms with Crippen LogP contribution < -0.4 is 10.1 Å². The van der Waals surface area contributed by atoms with E-state index in [0.29, 0.717) is 11.8 Å². The third-order valence-corrected chi connectivity index (χ3v) is 2.74. The lowest BCUT2D eigenvalue weighted by molar-refractivity contribution is -0.127. The summed E-state index contributed by atoms with van der Waals surface area (Å²) in [6.45, 7) is 1.73. The van der Waals surface area contributed by atoms with E-state index in [1.165, 1.54) is 6.92 Å². The Hall–Kier alpha value is -2.50. The maximum Gasteiger partial charge on any atom is 0.261 e. The fourth-order valence-corrected chi connectivity index (χ4v) is 1.64. The van der Waals surface area contributed by atoms with Crippen molar-refractivity contribution in [1.82, 2.24) is 10.3 Å². The molecule has 6 heteroatoms. The Morgan fingerprint density at radius 1 is 1.33 bits per heavy atom. The van der Waals surface area contributed by atoms with Crippen LogP contribution in [0.5, 0.6) is 5.75 Å². The molecule has 0 unspecified atom stereocenters. The summed E-state index contributed by atoms with van der Waals surface area (Å²) in [5.74, 6) is -2.13. The van der Waals surface area contributed by atoms with Gasteiger partial charge in [0.1, 0.15) is 5.82 Å². The van der Waals surface area contributed by atoms with E-state index < -0.39 is 23.6 Å². The lowest BCUT2D eigenvalue weighted by Gasteiger charge is -2.15. The van der Waals surface area contributed by atoms with Crippen LogP contribution in [0.2, 0.25) is 0 Å². The number of halogens is 2. The second-order valence-corrected chi connectivity index (χ2v) is 4.37. The van der Waals surface area contributed by atoms with Gasteiger partial charge < -0.3 is 10.1 Å². The first-order chi connectivity index (χ1) is 10.1. The van der Waals surface area contributed by atoms with Crippen LogP contribution in [0.3, 0.4) is 0 Å². The Kier molecular flexibility index (Phi) is 4.81. The quantitative estimate of drug-likeness (QED) is 0.921. The van der Waals surface area contributed by atoms with Gasteiger partial charge in [0.05, 0.1) is 12.2 Å². The first kappa shape index (κ1) is 14.9. The van der Waals surface area contributed by atoms with Gasteiger partial charge in [0.25, 0.3) is 5.91 Å². The van der Waals surface area contributed by atoms with Crippen molar-refractivity contribution < 1.29 is 18.3 Å². The molecule has 0 fully saturated rings. The number of amides is 1. The molecule has 0 aliphatic rings. The van der Waals surface area contributed by atoms with Crippen molar-refractivity contribution in [2.45, 2.75) is 19.6 Å². The standard InChI is InChI=1S/C15H14F2N2O2/c1-10(21-14-6-5-11(16)8-13(14)17)15(20)19-9-12-4-2-3-7-18-12/h2-8,10H,9H2,1H3,(H,19,20)/t10-/m1/s1. The number of rotatable bonds is 5. The highest BCUT2D eigenvalue weighted by Crippen LogP contribution is 2.18. The molecule has 21 heavy (non-hydrogen) atoms. The molecule has 1 amide bonds. The van der Waals surface area contributed by atoms with E-state index in [1.54, 1.807) is 18.3 Å².